The van der Waals surface area contributed by atoms with Crippen molar-refractivity contribution in [1.82, 2.24) is 0 Å². The van der Waals surface area contributed by atoms with Crippen molar-refractivity contribution in [3.8, 4) is 0 Å². The van der Waals surface area contributed by atoms with Crippen LogP contribution in [0.5, 0.6) is 0 Å². The third-order valence-corrected chi connectivity index (χ3v) is 3.45. The second kappa shape index (κ2) is 5.32. The van der Waals surface area contributed by atoms with Gasteiger partial charge in [0.2, 0.25) is 0 Å². The number of carbonyl (C=O) groups excluding carboxylic acids is 1. The van der Waals surface area contributed by atoms with Gasteiger partial charge in [-0.05, 0) is 55.3 Å². The lowest BCUT2D eigenvalue weighted by molar-refractivity contribution is 0.103. The number of carbonyl (C=O) groups is 1. The molecule has 0 radical (unpaired) electrons. The van der Waals surface area contributed by atoms with Gasteiger partial charge in [-0.3, -0.25) is 4.79 Å². The first-order chi connectivity index (χ1) is 8.90. The van der Waals surface area contributed by atoms with E-state index in [2.05, 4.69) is 0 Å². The number of hydrogen-bond donors (Lipinski definition) is 0. The van der Waals surface area contributed by atoms with Crippen molar-refractivity contribution in [2.45, 2.75) is 13.8 Å². The van der Waals surface area contributed by atoms with Gasteiger partial charge in [0.25, 0.3) is 0 Å². The van der Waals surface area contributed by atoms with Crippen molar-refractivity contribution in [2.75, 3.05) is 0 Å². The Morgan fingerprint density at radius 2 is 1.63 bits per heavy atom. The van der Waals surface area contributed by atoms with Gasteiger partial charge >= 0.3 is 0 Å². The van der Waals surface area contributed by atoms with Gasteiger partial charge in [-0.1, -0.05) is 23.2 Å². The van der Waals surface area contributed by atoms with Gasteiger partial charge in [0, 0.05) is 16.1 Å². The highest BCUT2D eigenvalue weighted by atomic mass is 35.5. The maximum absolute atomic E-state index is 13.3. The number of hydrogen-bond acceptors (Lipinski definition) is 1. The van der Waals surface area contributed by atoms with Crippen LogP contribution in [0.25, 0.3) is 0 Å². The van der Waals surface area contributed by atoms with E-state index >= 15 is 0 Å². The average Bonchev–Trinajstić information content (AvgIpc) is 2.26. The van der Waals surface area contributed by atoms with E-state index in [4.69, 9.17) is 23.2 Å². The molecule has 0 unspecified atom stereocenters. The fraction of sp³-hybridized carbons (Fsp3) is 0.133. The van der Waals surface area contributed by atoms with Gasteiger partial charge in [-0.25, -0.2) is 4.39 Å². The van der Waals surface area contributed by atoms with E-state index in [1.54, 1.807) is 26.0 Å². The molecule has 0 aliphatic heterocycles. The topological polar surface area (TPSA) is 17.1 Å². The van der Waals surface area contributed by atoms with Crippen LogP contribution in [0.2, 0.25) is 10.0 Å². The molecule has 0 fully saturated rings. The third kappa shape index (κ3) is 2.80. The second-order valence-corrected chi connectivity index (χ2v) is 5.21. The molecule has 19 heavy (non-hydrogen) atoms. The van der Waals surface area contributed by atoms with Crippen LogP contribution in [0, 0.1) is 19.7 Å². The van der Waals surface area contributed by atoms with Gasteiger partial charge in [0.1, 0.15) is 5.82 Å². The molecule has 1 nitrogen and oxygen atoms in total. The number of halogens is 3. The second-order valence-electron chi connectivity index (χ2n) is 4.37. The van der Waals surface area contributed by atoms with Crippen molar-refractivity contribution in [2.24, 2.45) is 0 Å². The Labute approximate surface area is 121 Å². The zero-order valence-electron chi connectivity index (χ0n) is 10.4. The molecule has 0 aliphatic rings. The Morgan fingerprint density at radius 1 is 1.05 bits per heavy atom. The van der Waals surface area contributed by atoms with E-state index in [0.717, 1.165) is 0 Å². The van der Waals surface area contributed by atoms with Crippen LogP contribution >= 0.6 is 23.2 Å². The lowest BCUT2D eigenvalue weighted by Crippen LogP contribution is -2.07. The van der Waals surface area contributed by atoms with Crippen molar-refractivity contribution in [3.63, 3.8) is 0 Å². The Morgan fingerprint density at radius 3 is 2.16 bits per heavy atom. The SMILES string of the molecule is Cc1cc(F)cc(C)c1C(=O)c1ccc(Cl)cc1Cl. The van der Waals surface area contributed by atoms with Gasteiger partial charge in [-0.2, -0.15) is 0 Å². The molecule has 0 aromatic heterocycles. The molecule has 0 spiro atoms. The molecular weight excluding hydrogens is 286 g/mol. The molecule has 2 aromatic carbocycles. The van der Waals surface area contributed by atoms with Crippen molar-refractivity contribution >= 4 is 29.0 Å². The van der Waals surface area contributed by atoms with E-state index < -0.39 is 0 Å². The molecule has 0 N–H and O–H groups in total. The van der Waals surface area contributed by atoms with Crippen LogP contribution in [0.4, 0.5) is 4.39 Å². The first-order valence-electron chi connectivity index (χ1n) is 5.66. The molecule has 0 aliphatic carbocycles. The van der Waals surface area contributed by atoms with Crippen LogP contribution < -0.4 is 0 Å². The summed E-state index contributed by atoms with van der Waals surface area (Å²) in [6.07, 6.45) is 0. The van der Waals surface area contributed by atoms with E-state index in [1.807, 2.05) is 0 Å². The zero-order valence-corrected chi connectivity index (χ0v) is 11.9. The Balaban J connectivity index is 2.56. The van der Waals surface area contributed by atoms with E-state index in [9.17, 15) is 9.18 Å². The van der Waals surface area contributed by atoms with Crippen LogP contribution in [0.1, 0.15) is 27.0 Å². The Kier molecular flexibility index (Phi) is 3.93. The fourth-order valence-corrected chi connectivity index (χ4v) is 2.57. The number of benzene rings is 2. The molecule has 0 bridgehead atoms. The molecule has 0 saturated carbocycles. The summed E-state index contributed by atoms with van der Waals surface area (Å²) in [7, 11) is 0. The van der Waals surface area contributed by atoms with Crippen LogP contribution in [0.3, 0.4) is 0 Å². The Hall–Kier alpha value is -1.38. The van der Waals surface area contributed by atoms with Crippen molar-refractivity contribution in [1.29, 1.82) is 0 Å². The molecule has 0 atom stereocenters. The smallest absolute Gasteiger partial charge is 0.195 e. The van der Waals surface area contributed by atoms with Crippen LogP contribution in [-0.4, -0.2) is 5.78 Å². The molecule has 4 heteroatoms. The van der Waals surface area contributed by atoms with E-state index in [-0.39, 0.29) is 11.6 Å². The molecule has 2 rings (SSSR count). The lowest BCUT2D eigenvalue weighted by atomic mass is 9.95. The maximum atomic E-state index is 13.3. The number of rotatable bonds is 2. The quantitative estimate of drug-likeness (QED) is 0.714. The van der Waals surface area contributed by atoms with Crippen LogP contribution in [0.15, 0.2) is 30.3 Å². The fourth-order valence-electron chi connectivity index (χ4n) is 2.08. The summed E-state index contributed by atoms with van der Waals surface area (Å²) < 4.78 is 13.3. The average molecular weight is 297 g/mol. The lowest BCUT2D eigenvalue weighted by Gasteiger charge is -2.10. The number of aryl methyl sites for hydroxylation is 2. The predicted octanol–water partition coefficient (Wildman–Crippen LogP) is 4.98. The molecular formula is C15H11Cl2FO. The number of ketones is 1. The standard InChI is InChI=1S/C15H11Cl2FO/c1-8-5-11(18)6-9(2)14(8)15(19)12-4-3-10(16)7-13(12)17/h3-7H,1-2H3. The normalized spacial score (nSPS) is 10.6. The summed E-state index contributed by atoms with van der Waals surface area (Å²) in [6.45, 7) is 3.40. The highest BCUT2D eigenvalue weighted by Gasteiger charge is 2.18. The van der Waals surface area contributed by atoms with Crippen molar-refractivity contribution < 1.29 is 9.18 Å². The molecule has 98 valence electrons. The van der Waals surface area contributed by atoms with Gasteiger partial charge in [0.15, 0.2) is 5.78 Å². The zero-order chi connectivity index (χ0) is 14.2. The van der Waals surface area contributed by atoms with E-state index in [0.29, 0.717) is 32.3 Å². The van der Waals surface area contributed by atoms with Crippen LogP contribution in [-0.2, 0) is 0 Å². The third-order valence-electron chi connectivity index (χ3n) is 2.90. The Bertz CT molecular complexity index is 642. The predicted molar refractivity (Wildman–Crippen MR) is 75.8 cm³/mol. The maximum Gasteiger partial charge on any atom is 0.195 e. The minimum absolute atomic E-state index is 0.225. The molecule has 2 aromatic rings. The summed E-state index contributed by atoms with van der Waals surface area (Å²) in [4.78, 5) is 12.5. The van der Waals surface area contributed by atoms with Gasteiger partial charge < -0.3 is 0 Å². The molecule has 0 amide bonds. The highest BCUT2D eigenvalue weighted by Crippen LogP contribution is 2.26. The minimum atomic E-state index is -0.353. The minimum Gasteiger partial charge on any atom is -0.289 e. The molecule has 0 heterocycles. The first kappa shape index (κ1) is 14.0. The summed E-state index contributed by atoms with van der Waals surface area (Å²) in [5.74, 6) is -0.578. The highest BCUT2D eigenvalue weighted by molar-refractivity contribution is 6.37. The molecule has 0 saturated heterocycles. The first-order valence-corrected chi connectivity index (χ1v) is 6.42. The monoisotopic (exact) mass is 296 g/mol. The van der Waals surface area contributed by atoms with Gasteiger partial charge in [0.05, 0.1) is 5.02 Å². The summed E-state index contributed by atoms with van der Waals surface area (Å²) in [6, 6.07) is 7.38. The summed E-state index contributed by atoms with van der Waals surface area (Å²) in [5.41, 5.74) is 2.02. The summed E-state index contributed by atoms with van der Waals surface area (Å²) in [5, 5.41) is 0.759. The summed E-state index contributed by atoms with van der Waals surface area (Å²) >= 11 is 11.8. The van der Waals surface area contributed by atoms with Gasteiger partial charge in [-0.15, -0.1) is 0 Å². The largest absolute Gasteiger partial charge is 0.289 e. The van der Waals surface area contributed by atoms with Crippen molar-refractivity contribution in [3.05, 3.63) is 68.4 Å². The van der Waals surface area contributed by atoms with E-state index in [1.165, 1.54) is 18.2 Å².